The second-order valence-electron chi connectivity index (χ2n) is 4.56. The van der Waals surface area contributed by atoms with Crippen molar-refractivity contribution in [3.8, 4) is 0 Å². The van der Waals surface area contributed by atoms with Crippen LogP contribution < -0.4 is 5.73 Å². The Bertz CT molecular complexity index is 390. The van der Waals surface area contributed by atoms with Gasteiger partial charge in [-0.1, -0.05) is 12.1 Å². The summed E-state index contributed by atoms with van der Waals surface area (Å²) in [5.74, 6) is -0.293. The van der Waals surface area contributed by atoms with Gasteiger partial charge >= 0.3 is 0 Å². The Hall–Kier alpha value is -0.860. The van der Waals surface area contributed by atoms with Crippen LogP contribution in [-0.2, 0) is 14.8 Å². The molecule has 106 valence electrons. The lowest BCUT2D eigenvalue weighted by atomic mass is 10.2. The van der Waals surface area contributed by atoms with Crippen molar-refractivity contribution in [1.29, 1.82) is 0 Å². The van der Waals surface area contributed by atoms with E-state index in [9.17, 15) is 8.42 Å². The van der Waals surface area contributed by atoms with E-state index in [-0.39, 0.29) is 18.3 Å². The van der Waals surface area contributed by atoms with Gasteiger partial charge in [-0.25, -0.2) is 12.7 Å². The van der Waals surface area contributed by atoms with Crippen molar-refractivity contribution >= 4 is 15.9 Å². The molecule has 1 atom stereocenters. The summed E-state index contributed by atoms with van der Waals surface area (Å²) in [6.07, 6.45) is 1.04. The molecule has 0 saturated carbocycles. The van der Waals surface area contributed by atoms with Crippen LogP contribution in [0.2, 0.25) is 0 Å². The van der Waals surface area contributed by atoms with Crippen molar-refractivity contribution in [2.45, 2.75) is 25.0 Å². The lowest BCUT2D eigenvalue weighted by molar-refractivity contribution is 0.0973. The van der Waals surface area contributed by atoms with Crippen LogP contribution in [0.5, 0.6) is 0 Å². The summed E-state index contributed by atoms with van der Waals surface area (Å²) in [7, 11) is -1.82. The minimum Gasteiger partial charge on any atom is -0.409 e. The van der Waals surface area contributed by atoms with E-state index in [1.807, 2.05) is 0 Å². The van der Waals surface area contributed by atoms with Crippen molar-refractivity contribution in [2.75, 3.05) is 26.8 Å². The average molecular weight is 279 g/mol. The Kier molecular flexibility index (Phi) is 5.36. The standard InChI is InChI=1S/C10H21N3O4S/c1-8(10(11)12-14)7-13(2)18(15,16)9-3-5-17-6-4-9/h8-9,14H,3-7H2,1-2H3,(H2,11,12). The van der Waals surface area contributed by atoms with Crippen molar-refractivity contribution in [3.63, 3.8) is 0 Å². The Morgan fingerprint density at radius 2 is 2.11 bits per heavy atom. The zero-order valence-electron chi connectivity index (χ0n) is 10.7. The first kappa shape index (κ1) is 15.2. The van der Waals surface area contributed by atoms with Crippen LogP contribution in [-0.4, -0.2) is 55.8 Å². The highest BCUT2D eigenvalue weighted by Gasteiger charge is 2.32. The maximum Gasteiger partial charge on any atom is 0.216 e. The van der Waals surface area contributed by atoms with Gasteiger partial charge in [0, 0.05) is 32.7 Å². The quantitative estimate of drug-likeness (QED) is 0.314. The zero-order chi connectivity index (χ0) is 13.8. The minimum atomic E-state index is -3.34. The van der Waals surface area contributed by atoms with E-state index in [0.29, 0.717) is 26.1 Å². The molecule has 1 aliphatic rings. The molecule has 3 N–H and O–H groups in total. The lowest BCUT2D eigenvalue weighted by Gasteiger charge is -2.28. The van der Waals surface area contributed by atoms with Crippen LogP contribution in [0, 0.1) is 5.92 Å². The molecule has 0 aromatic carbocycles. The van der Waals surface area contributed by atoms with Crippen LogP contribution in [0.25, 0.3) is 0 Å². The van der Waals surface area contributed by atoms with Gasteiger partial charge in [-0.05, 0) is 12.8 Å². The molecule has 0 bridgehead atoms. The fraction of sp³-hybridized carbons (Fsp3) is 0.900. The molecule has 1 saturated heterocycles. The van der Waals surface area contributed by atoms with E-state index in [4.69, 9.17) is 15.7 Å². The van der Waals surface area contributed by atoms with E-state index >= 15 is 0 Å². The van der Waals surface area contributed by atoms with Gasteiger partial charge in [0.1, 0.15) is 5.84 Å². The summed E-state index contributed by atoms with van der Waals surface area (Å²) in [4.78, 5) is 0. The Morgan fingerprint density at radius 1 is 1.56 bits per heavy atom. The second-order valence-corrected chi connectivity index (χ2v) is 6.88. The first-order valence-electron chi connectivity index (χ1n) is 5.90. The first-order valence-corrected chi connectivity index (χ1v) is 7.40. The number of sulfonamides is 1. The van der Waals surface area contributed by atoms with Crippen LogP contribution in [0.4, 0.5) is 0 Å². The number of nitrogens with zero attached hydrogens (tertiary/aromatic N) is 2. The molecule has 18 heavy (non-hydrogen) atoms. The molecule has 0 aliphatic carbocycles. The van der Waals surface area contributed by atoms with Gasteiger partial charge in [0.25, 0.3) is 0 Å². The lowest BCUT2D eigenvalue weighted by Crippen LogP contribution is -2.42. The maximum atomic E-state index is 12.3. The number of nitrogens with two attached hydrogens (primary N) is 1. The van der Waals surface area contributed by atoms with Crippen LogP contribution in [0.3, 0.4) is 0 Å². The summed E-state index contributed by atoms with van der Waals surface area (Å²) in [6, 6.07) is 0. The van der Waals surface area contributed by atoms with Gasteiger partial charge in [0.2, 0.25) is 10.0 Å². The van der Waals surface area contributed by atoms with Gasteiger partial charge in [0.15, 0.2) is 0 Å². The smallest absolute Gasteiger partial charge is 0.216 e. The average Bonchev–Trinajstić information content (AvgIpc) is 2.38. The van der Waals surface area contributed by atoms with E-state index in [1.54, 1.807) is 6.92 Å². The molecule has 8 heteroatoms. The third-order valence-electron chi connectivity index (χ3n) is 3.18. The summed E-state index contributed by atoms with van der Waals surface area (Å²) in [6.45, 7) is 2.88. The number of rotatable bonds is 5. The number of hydrogen-bond donors (Lipinski definition) is 2. The Balaban J connectivity index is 2.66. The number of oxime groups is 1. The molecule has 0 aromatic rings. The fourth-order valence-corrected chi connectivity index (χ4v) is 3.64. The third kappa shape index (κ3) is 3.56. The molecule has 0 amide bonds. The van der Waals surface area contributed by atoms with Gasteiger partial charge in [0.05, 0.1) is 5.25 Å². The van der Waals surface area contributed by atoms with Crippen LogP contribution in [0.15, 0.2) is 5.16 Å². The Labute approximate surface area is 108 Å². The van der Waals surface area contributed by atoms with Gasteiger partial charge in [-0.2, -0.15) is 0 Å². The summed E-state index contributed by atoms with van der Waals surface area (Å²) >= 11 is 0. The Morgan fingerprint density at radius 3 is 2.61 bits per heavy atom. The molecular weight excluding hydrogens is 258 g/mol. The van der Waals surface area contributed by atoms with E-state index in [2.05, 4.69) is 5.16 Å². The largest absolute Gasteiger partial charge is 0.409 e. The number of amidine groups is 1. The molecule has 7 nitrogen and oxygen atoms in total. The van der Waals surface area contributed by atoms with Crippen molar-refractivity contribution in [1.82, 2.24) is 4.31 Å². The molecular formula is C10H21N3O4S. The molecule has 0 spiro atoms. The van der Waals surface area contributed by atoms with Gasteiger partial charge in [-0.3, -0.25) is 0 Å². The van der Waals surface area contributed by atoms with Crippen LogP contribution in [0.1, 0.15) is 19.8 Å². The summed E-state index contributed by atoms with van der Waals surface area (Å²) in [5, 5.41) is 11.0. The van der Waals surface area contributed by atoms with Crippen molar-refractivity contribution in [3.05, 3.63) is 0 Å². The predicted molar refractivity (Wildman–Crippen MR) is 68.0 cm³/mol. The summed E-state index contributed by atoms with van der Waals surface area (Å²) in [5.41, 5.74) is 5.45. The van der Waals surface area contributed by atoms with Gasteiger partial charge in [-0.15, -0.1) is 0 Å². The number of hydrogen-bond acceptors (Lipinski definition) is 5. The van der Waals surface area contributed by atoms with Crippen molar-refractivity contribution in [2.24, 2.45) is 16.8 Å². The fourth-order valence-electron chi connectivity index (χ4n) is 1.91. The van der Waals surface area contributed by atoms with Crippen LogP contribution >= 0.6 is 0 Å². The SMILES string of the molecule is CC(CN(C)S(=O)(=O)C1CCOCC1)C(N)=NO. The zero-order valence-corrected chi connectivity index (χ0v) is 11.6. The molecule has 1 unspecified atom stereocenters. The monoisotopic (exact) mass is 279 g/mol. The molecule has 0 radical (unpaired) electrons. The topological polar surface area (TPSA) is 105 Å². The number of ether oxygens (including phenoxy) is 1. The summed E-state index contributed by atoms with van der Waals surface area (Å²) < 4.78 is 31.0. The van der Waals surface area contributed by atoms with E-state index < -0.39 is 15.3 Å². The molecule has 1 rings (SSSR count). The normalized spacial score (nSPS) is 21.2. The second kappa shape index (κ2) is 6.35. The van der Waals surface area contributed by atoms with Gasteiger partial charge < -0.3 is 15.7 Å². The predicted octanol–water partition coefficient (Wildman–Crippen LogP) is -0.190. The molecule has 1 fully saturated rings. The highest BCUT2D eigenvalue weighted by Crippen LogP contribution is 2.19. The molecule has 1 aliphatic heterocycles. The maximum absolute atomic E-state index is 12.3. The third-order valence-corrected chi connectivity index (χ3v) is 5.51. The first-order chi connectivity index (χ1) is 8.39. The highest BCUT2D eigenvalue weighted by molar-refractivity contribution is 7.89. The van der Waals surface area contributed by atoms with E-state index in [0.717, 1.165) is 0 Å². The molecule has 1 heterocycles. The van der Waals surface area contributed by atoms with E-state index in [1.165, 1.54) is 11.4 Å². The minimum absolute atomic E-state index is 0.0315. The van der Waals surface area contributed by atoms with Crippen molar-refractivity contribution < 1.29 is 18.4 Å². The highest BCUT2D eigenvalue weighted by atomic mass is 32.2. The molecule has 0 aromatic heterocycles.